The van der Waals surface area contributed by atoms with E-state index < -0.39 is 30.7 Å². The summed E-state index contributed by atoms with van der Waals surface area (Å²) in [4.78, 5) is 0. The van der Waals surface area contributed by atoms with Gasteiger partial charge >= 0.3 is 6.36 Å². The molecule has 1 aromatic carbocycles. The van der Waals surface area contributed by atoms with Gasteiger partial charge in [-0.05, 0) is 0 Å². The van der Waals surface area contributed by atoms with E-state index in [1.807, 2.05) is 0 Å². The van der Waals surface area contributed by atoms with Crippen LogP contribution in [0.25, 0.3) is 0 Å². The number of benzene rings is 1. The smallest absolute Gasteiger partial charge is 0.497 e. The topological polar surface area (TPSA) is 18.5 Å². The molecule has 0 N–H and O–H groups in total. The monoisotopic (exact) mass is 280 g/mol. The average Bonchev–Trinajstić information content (AvgIpc) is 2.23. The Labute approximate surface area is 96.9 Å². The van der Waals surface area contributed by atoms with Crippen molar-refractivity contribution in [3.05, 3.63) is 23.8 Å². The molecule has 0 spiro atoms. The summed E-state index contributed by atoms with van der Waals surface area (Å²) < 4.78 is 87.7. The highest BCUT2D eigenvalue weighted by Gasteiger charge is 2.34. The first-order chi connectivity index (χ1) is 8.25. The van der Waals surface area contributed by atoms with E-state index in [1.54, 1.807) is 0 Å². The molecule has 0 amide bonds. The summed E-state index contributed by atoms with van der Waals surface area (Å²) >= 11 is 0. The van der Waals surface area contributed by atoms with Crippen molar-refractivity contribution in [3.63, 3.8) is 0 Å². The minimum atomic E-state index is -5.14. The number of hydrogen-bond acceptors (Lipinski definition) is 2. The van der Waals surface area contributed by atoms with Crippen LogP contribution in [-0.2, 0) is 0 Å². The van der Waals surface area contributed by atoms with Crippen LogP contribution in [0.1, 0.15) is 0 Å². The average molecular weight is 280 g/mol. The molecule has 0 heterocycles. The maximum absolute atomic E-state index is 12.9. The van der Waals surface area contributed by atoms with Gasteiger partial charge in [0.25, 0.3) is 0 Å². The standard InChI is InChI=1S/C8H5F5O2.CH2F2/c1-14-4-2-5(9)7(6(10)3-4)15-8(11,12)13;2-1-3/h2-3H,1H3;1H2. The number of ether oxygens (including phenoxy) is 2. The van der Waals surface area contributed by atoms with E-state index in [4.69, 9.17) is 0 Å². The number of methoxy groups -OCH3 is 1. The Hall–Kier alpha value is -1.67. The van der Waals surface area contributed by atoms with Crippen molar-refractivity contribution >= 4 is 0 Å². The molecule has 0 radical (unpaired) electrons. The molecule has 0 unspecified atom stereocenters. The fourth-order valence-corrected chi connectivity index (χ4v) is 0.868. The lowest BCUT2D eigenvalue weighted by Crippen LogP contribution is -2.19. The molecule has 2 nitrogen and oxygen atoms in total. The minimum absolute atomic E-state index is 0.237. The fourth-order valence-electron chi connectivity index (χ4n) is 0.868. The third-order valence-electron chi connectivity index (χ3n) is 1.43. The first-order valence-electron chi connectivity index (χ1n) is 4.15. The molecular weight excluding hydrogens is 273 g/mol. The lowest BCUT2D eigenvalue weighted by atomic mass is 10.3. The van der Waals surface area contributed by atoms with Gasteiger partial charge in [0, 0.05) is 12.1 Å². The van der Waals surface area contributed by atoms with Crippen LogP contribution >= 0.6 is 0 Å². The van der Waals surface area contributed by atoms with Crippen LogP contribution in [-0.4, -0.2) is 20.4 Å². The summed E-state index contributed by atoms with van der Waals surface area (Å²) in [6.45, 7) is -1.75. The van der Waals surface area contributed by atoms with Gasteiger partial charge in [-0.25, -0.2) is 17.6 Å². The van der Waals surface area contributed by atoms with Crippen molar-refractivity contribution in [1.29, 1.82) is 0 Å². The van der Waals surface area contributed by atoms with E-state index in [0.717, 1.165) is 7.11 Å². The first-order valence-corrected chi connectivity index (χ1v) is 4.15. The first kappa shape index (κ1) is 16.3. The van der Waals surface area contributed by atoms with E-state index in [9.17, 15) is 30.7 Å². The molecule has 0 aliphatic rings. The zero-order valence-electron chi connectivity index (χ0n) is 8.82. The third-order valence-corrected chi connectivity index (χ3v) is 1.43. The van der Waals surface area contributed by atoms with Crippen LogP contribution in [0.15, 0.2) is 12.1 Å². The predicted octanol–water partition coefficient (Wildman–Crippen LogP) is 3.75. The van der Waals surface area contributed by atoms with Crippen molar-refractivity contribution in [2.24, 2.45) is 0 Å². The van der Waals surface area contributed by atoms with Gasteiger partial charge in [-0.15, -0.1) is 13.2 Å². The second-order valence-corrected chi connectivity index (χ2v) is 2.57. The number of hydrogen-bond donors (Lipinski definition) is 0. The Balaban J connectivity index is 0.000000873. The zero-order valence-corrected chi connectivity index (χ0v) is 8.82. The van der Waals surface area contributed by atoms with E-state index >= 15 is 0 Å². The van der Waals surface area contributed by atoms with Gasteiger partial charge in [-0.1, -0.05) is 0 Å². The largest absolute Gasteiger partial charge is 0.573 e. The molecule has 0 saturated carbocycles. The van der Waals surface area contributed by atoms with Gasteiger partial charge in [0.1, 0.15) is 5.75 Å². The molecule has 9 heteroatoms. The van der Waals surface area contributed by atoms with Gasteiger partial charge in [-0.2, -0.15) is 0 Å². The summed E-state index contributed by atoms with van der Waals surface area (Å²) in [5.41, 5.74) is 0. The zero-order chi connectivity index (χ0) is 14.3. The van der Waals surface area contributed by atoms with Crippen LogP contribution in [0.5, 0.6) is 11.5 Å². The van der Waals surface area contributed by atoms with E-state index in [1.165, 1.54) is 0 Å². The maximum Gasteiger partial charge on any atom is 0.573 e. The highest BCUT2D eigenvalue weighted by molar-refractivity contribution is 5.34. The highest BCUT2D eigenvalue weighted by atomic mass is 19.4. The SMILES string of the molecule is COc1cc(F)c(OC(F)(F)F)c(F)c1.FCF. The van der Waals surface area contributed by atoms with Gasteiger partial charge in [0.2, 0.25) is 12.7 Å². The van der Waals surface area contributed by atoms with Gasteiger partial charge in [0.05, 0.1) is 7.11 Å². The lowest BCUT2D eigenvalue weighted by molar-refractivity contribution is -0.276. The molecule has 18 heavy (non-hydrogen) atoms. The molecule has 0 aromatic heterocycles. The van der Waals surface area contributed by atoms with Crippen molar-refractivity contribution in [2.45, 2.75) is 6.36 Å². The van der Waals surface area contributed by atoms with Gasteiger partial charge in [0.15, 0.2) is 11.6 Å². The molecule has 0 fully saturated rings. The third kappa shape index (κ3) is 5.60. The van der Waals surface area contributed by atoms with Crippen LogP contribution in [0, 0.1) is 11.6 Å². The lowest BCUT2D eigenvalue weighted by Gasteiger charge is -2.11. The van der Waals surface area contributed by atoms with E-state index in [2.05, 4.69) is 9.47 Å². The molecular formula is C9H7F7O2. The Morgan fingerprint density at radius 3 is 1.72 bits per heavy atom. The summed E-state index contributed by atoms with van der Waals surface area (Å²) in [6, 6.07) is 1.17. The predicted molar refractivity (Wildman–Crippen MR) is 46.7 cm³/mol. The van der Waals surface area contributed by atoms with Crippen LogP contribution in [0.3, 0.4) is 0 Å². The molecule has 104 valence electrons. The highest BCUT2D eigenvalue weighted by Crippen LogP contribution is 2.31. The normalized spacial score (nSPS) is 10.4. The summed E-state index contributed by atoms with van der Waals surface area (Å²) in [7, 11) is 1.12. The minimum Gasteiger partial charge on any atom is -0.497 e. The Morgan fingerprint density at radius 1 is 1.06 bits per heavy atom. The molecule has 1 aromatic rings. The fraction of sp³-hybridized carbons (Fsp3) is 0.333. The van der Waals surface area contributed by atoms with Crippen molar-refractivity contribution in [1.82, 2.24) is 0 Å². The Bertz CT molecular complexity index is 355. The van der Waals surface area contributed by atoms with Crippen LogP contribution in [0.2, 0.25) is 0 Å². The second kappa shape index (κ2) is 6.92. The van der Waals surface area contributed by atoms with Gasteiger partial charge < -0.3 is 9.47 Å². The van der Waals surface area contributed by atoms with Crippen molar-refractivity contribution in [3.8, 4) is 11.5 Å². The molecule has 0 aliphatic heterocycles. The van der Waals surface area contributed by atoms with E-state index in [0.29, 0.717) is 12.1 Å². The molecule has 0 saturated heterocycles. The quantitative estimate of drug-likeness (QED) is 0.768. The number of rotatable bonds is 2. The molecule has 0 atom stereocenters. The number of halogens is 7. The molecule has 0 aliphatic carbocycles. The number of alkyl halides is 5. The second-order valence-electron chi connectivity index (χ2n) is 2.57. The van der Waals surface area contributed by atoms with Gasteiger partial charge in [-0.3, -0.25) is 0 Å². The molecule has 1 rings (SSSR count). The molecule has 0 bridgehead atoms. The van der Waals surface area contributed by atoms with Crippen molar-refractivity contribution in [2.75, 3.05) is 14.0 Å². The van der Waals surface area contributed by atoms with Crippen LogP contribution < -0.4 is 9.47 Å². The van der Waals surface area contributed by atoms with Crippen molar-refractivity contribution < 1.29 is 40.2 Å². The summed E-state index contributed by atoms with van der Waals surface area (Å²) in [6.07, 6.45) is -5.14. The maximum atomic E-state index is 12.9. The Morgan fingerprint density at radius 2 is 1.44 bits per heavy atom. The summed E-state index contributed by atoms with van der Waals surface area (Å²) in [5, 5.41) is 0. The summed E-state index contributed by atoms with van der Waals surface area (Å²) in [5.74, 6) is -4.70. The van der Waals surface area contributed by atoms with E-state index in [-0.39, 0.29) is 5.75 Å². The van der Waals surface area contributed by atoms with Crippen LogP contribution in [0.4, 0.5) is 30.7 Å². The Kier molecular flexibility index (Phi) is 6.28.